The molecule has 11 nitrogen and oxygen atoms in total. The average molecular weight is 410 g/mol. The number of aromatic nitrogens is 6. The van der Waals surface area contributed by atoms with Crippen LogP contribution in [-0.2, 0) is 18.5 Å². The van der Waals surface area contributed by atoms with Crippen LogP contribution in [0.25, 0.3) is 11.4 Å². The van der Waals surface area contributed by atoms with Crippen molar-refractivity contribution >= 4 is 18.3 Å². The van der Waals surface area contributed by atoms with Crippen LogP contribution in [-0.4, -0.2) is 53.1 Å². The monoisotopic (exact) mass is 410 g/mol. The van der Waals surface area contributed by atoms with E-state index in [1.165, 1.54) is 6.20 Å². The number of carboxylic acid groups (broad SMARTS) is 1. The van der Waals surface area contributed by atoms with Gasteiger partial charge in [0.1, 0.15) is 0 Å². The summed E-state index contributed by atoms with van der Waals surface area (Å²) in [5, 5.41) is 25.0. The Hall–Kier alpha value is -3.89. The first-order valence-electron chi connectivity index (χ1n) is 9.09. The zero-order valence-electron chi connectivity index (χ0n) is 17.1. The van der Waals surface area contributed by atoms with Crippen LogP contribution < -0.4 is 4.90 Å². The number of anilines is 1. The third kappa shape index (κ3) is 4.74. The first-order chi connectivity index (χ1) is 14.3. The highest BCUT2D eigenvalue weighted by atomic mass is 16.6. The SMILES string of the molecule is Cn1nnnc1-c1ccccc1C=NOCc1ccnc(N(C(=O)O)C(C)(C)C)n1. The van der Waals surface area contributed by atoms with Crippen LogP contribution in [0.2, 0.25) is 0 Å². The molecule has 1 amide bonds. The minimum Gasteiger partial charge on any atom is -0.465 e. The largest absolute Gasteiger partial charge is 0.465 e. The number of carbonyl (C=O) groups is 1. The first-order valence-corrected chi connectivity index (χ1v) is 9.09. The Kier molecular flexibility index (Phi) is 6.00. The maximum absolute atomic E-state index is 11.6. The summed E-state index contributed by atoms with van der Waals surface area (Å²) in [5.41, 5.74) is 1.40. The molecule has 0 saturated heterocycles. The van der Waals surface area contributed by atoms with E-state index in [0.29, 0.717) is 11.5 Å². The van der Waals surface area contributed by atoms with E-state index in [-0.39, 0.29) is 12.6 Å². The van der Waals surface area contributed by atoms with Crippen LogP contribution in [0.4, 0.5) is 10.7 Å². The summed E-state index contributed by atoms with van der Waals surface area (Å²) in [6.07, 6.45) is 1.92. The lowest BCUT2D eigenvalue weighted by Gasteiger charge is -2.31. The second-order valence-corrected chi connectivity index (χ2v) is 7.36. The van der Waals surface area contributed by atoms with E-state index in [0.717, 1.165) is 16.0 Å². The Morgan fingerprint density at radius 1 is 1.30 bits per heavy atom. The molecule has 0 fully saturated rings. The summed E-state index contributed by atoms with van der Waals surface area (Å²) < 4.78 is 1.57. The molecule has 3 aromatic rings. The Morgan fingerprint density at radius 2 is 2.07 bits per heavy atom. The predicted octanol–water partition coefficient (Wildman–Crippen LogP) is 2.50. The van der Waals surface area contributed by atoms with E-state index in [9.17, 15) is 9.90 Å². The second-order valence-electron chi connectivity index (χ2n) is 7.36. The molecule has 0 unspecified atom stereocenters. The highest BCUT2D eigenvalue weighted by molar-refractivity contribution is 5.88. The highest BCUT2D eigenvalue weighted by Gasteiger charge is 2.30. The van der Waals surface area contributed by atoms with Crippen molar-refractivity contribution in [3.8, 4) is 11.4 Å². The van der Waals surface area contributed by atoms with Gasteiger partial charge in [-0.15, -0.1) is 5.10 Å². The number of nitrogens with zero attached hydrogens (tertiary/aromatic N) is 8. The Balaban J connectivity index is 1.72. The van der Waals surface area contributed by atoms with Crippen LogP contribution in [0.5, 0.6) is 0 Å². The van der Waals surface area contributed by atoms with Gasteiger partial charge in [-0.25, -0.2) is 24.3 Å². The van der Waals surface area contributed by atoms with Gasteiger partial charge in [-0.05, 0) is 37.3 Å². The normalized spacial score (nSPS) is 11.6. The van der Waals surface area contributed by atoms with E-state index in [1.807, 2.05) is 24.3 Å². The molecule has 0 aliphatic heterocycles. The number of hydrogen-bond donors (Lipinski definition) is 1. The van der Waals surface area contributed by atoms with Gasteiger partial charge in [0.2, 0.25) is 5.95 Å². The summed E-state index contributed by atoms with van der Waals surface area (Å²) in [4.78, 5) is 26.4. The van der Waals surface area contributed by atoms with Crippen molar-refractivity contribution in [3.05, 3.63) is 47.8 Å². The Labute approximate surface area is 173 Å². The van der Waals surface area contributed by atoms with Gasteiger partial charge in [0.15, 0.2) is 12.4 Å². The molecule has 156 valence electrons. The molecule has 0 saturated carbocycles. The van der Waals surface area contributed by atoms with Gasteiger partial charge in [0, 0.05) is 29.9 Å². The van der Waals surface area contributed by atoms with Gasteiger partial charge in [0.25, 0.3) is 0 Å². The van der Waals surface area contributed by atoms with Crippen LogP contribution in [0, 0.1) is 0 Å². The van der Waals surface area contributed by atoms with Gasteiger partial charge < -0.3 is 9.94 Å². The third-order valence-corrected chi connectivity index (χ3v) is 4.06. The molecule has 2 heterocycles. The second kappa shape index (κ2) is 8.64. The molecule has 0 spiro atoms. The Morgan fingerprint density at radius 3 is 2.73 bits per heavy atom. The minimum absolute atomic E-state index is 0.0529. The molecular formula is C19H22N8O3. The van der Waals surface area contributed by atoms with Gasteiger partial charge in [-0.2, -0.15) is 0 Å². The number of rotatable bonds is 6. The molecule has 2 aromatic heterocycles. The zero-order chi connectivity index (χ0) is 21.7. The molecule has 0 atom stereocenters. The third-order valence-electron chi connectivity index (χ3n) is 4.06. The van der Waals surface area contributed by atoms with Crippen LogP contribution in [0.15, 0.2) is 41.7 Å². The van der Waals surface area contributed by atoms with Crippen LogP contribution in [0.3, 0.4) is 0 Å². The van der Waals surface area contributed by atoms with Crippen molar-refractivity contribution in [1.82, 2.24) is 30.2 Å². The maximum Gasteiger partial charge on any atom is 0.414 e. The molecule has 1 aromatic carbocycles. The molecule has 0 aliphatic rings. The van der Waals surface area contributed by atoms with Gasteiger partial charge >= 0.3 is 6.09 Å². The molecule has 0 aliphatic carbocycles. The number of oxime groups is 1. The van der Waals surface area contributed by atoms with E-state index in [4.69, 9.17) is 4.84 Å². The van der Waals surface area contributed by atoms with Gasteiger partial charge in [0.05, 0.1) is 11.9 Å². The topological polar surface area (TPSA) is 132 Å². The summed E-state index contributed by atoms with van der Waals surface area (Å²) >= 11 is 0. The molecular weight excluding hydrogens is 388 g/mol. The molecule has 1 N–H and O–H groups in total. The lowest BCUT2D eigenvalue weighted by molar-refractivity contribution is 0.129. The molecule has 3 rings (SSSR count). The summed E-state index contributed by atoms with van der Waals surface area (Å²) in [6, 6.07) is 9.15. The number of tetrazole rings is 1. The Bertz CT molecular complexity index is 1060. The summed E-state index contributed by atoms with van der Waals surface area (Å²) in [6.45, 7) is 5.35. The van der Waals surface area contributed by atoms with Crippen molar-refractivity contribution < 1.29 is 14.7 Å². The smallest absolute Gasteiger partial charge is 0.414 e. The fourth-order valence-electron chi connectivity index (χ4n) is 2.71. The number of hydrogen-bond acceptors (Lipinski definition) is 8. The number of aryl methyl sites for hydroxylation is 1. The van der Waals surface area contributed by atoms with Crippen molar-refractivity contribution in [1.29, 1.82) is 0 Å². The lowest BCUT2D eigenvalue weighted by atomic mass is 10.1. The van der Waals surface area contributed by atoms with E-state index in [1.54, 1.807) is 44.8 Å². The fourth-order valence-corrected chi connectivity index (χ4v) is 2.71. The van der Waals surface area contributed by atoms with Crippen molar-refractivity contribution in [2.24, 2.45) is 12.2 Å². The van der Waals surface area contributed by atoms with Crippen molar-refractivity contribution in [3.63, 3.8) is 0 Å². The number of amides is 1. The maximum atomic E-state index is 11.6. The fraction of sp³-hybridized carbons (Fsp3) is 0.316. The summed E-state index contributed by atoms with van der Waals surface area (Å²) in [5.74, 6) is 0.689. The van der Waals surface area contributed by atoms with E-state index < -0.39 is 11.6 Å². The zero-order valence-corrected chi connectivity index (χ0v) is 17.1. The standard InChI is InChI=1S/C19H22N8O3/c1-19(2,3)27(18(28)29)17-20-10-9-14(22-17)12-30-21-11-13-7-5-6-8-15(13)16-23-24-25-26(16)4/h5-11H,12H2,1-4H3,(H,28,29). The average Bonchev–Trinajstić information content (AvgIpc) is 3.10. The molecule has 11 heteroatoms. The van der Waals surface area contributed by atoms with Crippen molar-refractivity contribution in [2.45, 2.75) is 32.9 Å². The molecule has 0 bridgehead atoms. The molecule has 30 heavy (non-hydrogen) atoms. The highest BCUT2D eigenvalue weighted by Crippen LogP contribution is 2.21. The first kappa shape index (κ1) is 20.8. The number of benzene rings is 1. The molecule has 0 radical (unpaired) electrons. The summed E-state index contributed by atoms with van der Waals surface area (Å²) in [7, 11) is 1.75. The lowest BCUT2D eigenvalue weighted by Crippen LogP contribution is -2.46. The van der Waals surface area contributed by atoms with Gasteiger partial charge in [-0.1, -0.05) is 29.4 Å². The minimum atomic E-state index is -1.13. The van der Waals surface area contributed by atoms with E-state index >= 15 is 0 Å². The van der Waals surface area contributed by atoms with Crippen LogP contribution in [0.1, 0.15) is 32.0 Å². The van der Waals surface area contributed by atoms with E-state index in [2.05, 4.69) is 30.6 Å². The van der Waals surface area contributed by atoms with Crippen molar-refractivity contribution in [2.75, 3.05) is 4.90 Å². The van der Waals surface area contributed by atoms with Gasteiger partial charge in [-0.3, -0.25) is 0 Å². The quantitative estimate of drug-likeness (QED) is 0.484. The van der Waals surface area contributed by atoms with Crippen LogP contribution >= 0.6 is 0 Å². The predicted molar refractivity (Wildman–Crippen MR) is 109 cm³/mol.